The fourth-order valence-electron chi connectivity index (χ4n) is 2.49. The van der Waals surface area contributed by atoms with Gasteiger partial charge in [0.05, 0.1) is 14.2 Å². The molecule has 6 nitrogen and oxygen atoms in total. The Morgan fingerprint density at radius 2 is 1.59 bits per heavy atom. The molecule has 0 fully saturated rings. The number of anilines is 1. The molecule has 27 heavy (non-hydrogen) atoms. The molecule has 1 unspecified atom stereocenters. The normalized spacial score (nSPS) is 11.6. The van der Waals surface area contributed by atoms with Crippen molar-refractivity contribution in [2.75, 3.05) is 19.5 Å². The van der Waals surface area contributed by atoms with Crippen LogP contribution in [0.1, 0.15) is 24.2 Å². The predicted molar refractivity (Wildman–Crippen MR) is 108 cm³/mol. The third-order valence-electron chi connectivity index (χ3n) is 3.99. The topological polar surface area (TPSA) is 76.7 Å². The van der Waals surface area contributed by atoms with Crippen LogP contribution in [0.25, 0.3) is 0 Å². The van der Waals surface area contributed by atoms with Gasteiger partial charge in [-0.25, -0.2) is 0 Å². The lowest BCUT2D eigenvalue weighted by Crippen LogP contribution is -2.47. The largest absolute Gasteiger partial charge is 0.493 e. The van der Waals surface area contributed by atoms with Crippen LogP contribution in [0, 0.1) is 5.92 Å². The first-order chi connectivity index (χ1) is 12.8. The lowest BCUT2D eigenvalue weighted by Gasteiger charge is -2.22. The molecule has 0 saturated carbocycles. The highest BCUT2D eigenvalue weighted by molar-refractivity contribution is 9.10. The summed E-state index contributed by atoms with van der Waals surface area (Å²) in [4.78, 5) is 25.2. The van der Waals surface area contributed by atoms with Gasteiger partial charge in [0.15, 0.2) is 11.5 Å². The third-order valence-corrected chi connectivity index (χ3v) is 4.52. The first-order valence-electron chi connectivity index (χ1n) is 8.45. The van der Waals surface area contributed by atoms with E-state index in [1.54, 1.807) is 49.6 Å². The maximum Gasteiger partial charge on any atom is 0.251 e. The zero-order chi connectivity index (χ0) is 20.0. The Labute approximate surface area is 167 Å². The van der Waals surface area contributed by atoms with E-state index in [2.05, 4.69) is 26.6 Å². The van der Waals surface area contributed by atoms with Crippen molar-refractivity contribution in [2.45, 2.75) is 19.9 Å². The molecule has 0 heterocycles. The van der Waals surface area contributed by atoms with Crippen LogP contribution >= 0.6 is 15.9 Å². The Hall–Kier alpha value is -2.54. The summed E-state index contributed by atoms with van der Waals surface area (Å²) in [6.45, 7) is 3.75. The SMILES string of the molecule is COc1ccc(NC(=O)C(NC(=O)c2ccc(Br)cc2)C(C)C)cc1OC. The number of amides is 2. The number of methoxy groups -OCH3 is 2. The van der Waals surface area contributed by atoms with Gasteiger partial charge in [-0.15, -0.1) is 0 Å². The molecule has 144 valence electrons. The highest BCUT2D eigenvalue weighted by Gasteiger charge is 2.25. The van der Waals surface area contributed by atoms with Crippen LogP contribution in [0.3, 0.4) is 0 Å². The first kappa shape index (κ1) is 20.8. The van der Waals surface area contributed by atoms with Gasteiger partial charge in [0.1, 0.15) is 6.04 Å². The summed E-state index contributed by atoms with van der Waals surface area (Å²) >= 11 is 3.34. The predicted octanol–water partition coefficient (Wildman–Crippen LogP) is 3.86. The molecular weight excluding hydrogens is 412 g/mol. The zero-order valence-electron chi connectivity index (χ0n) is 15.7. The molecule has 0 aliphatic rings. The van der Waals surface area contributed by atoms with Crippen molar-refractivity contribution < 1.29 is 19.1 Å². The fourth-order valence-corrected chi connectivity index (χ4v) is 2.76. The zero-order valence-corrected chi connectivity index (χ0v) is 17.3. The van der Waals surface area contributed by atoms with Gasteiger partial charge in [-0.1, -0.05) is 29.8 Å². The average Bonchev–Trinajstić information content (AvgIpc) is 2.65. The molecule has 2 aromatic carbocycles. The molecule has 2 N–H and O–H groups in total. The number of hydrogen-bond acceptors (Lipinski definition) is 4. The second-order valence-corrected chi connectivity index (χ2v) is 7.18. The number of carbonyl (C=O) groups excluding carboxylic acids is 2. The van der Waals surface area contributed by atoms with Gasteiger partial charge >= 0.3 is 0 Å². The van der Waals surface area contributed by atoms with E-state index in [-0.39, 0.29) is 17.7 Å². The van der Waals surface area contributed by atoms with Crippen molar-refractivity contribution in [3.8, 4) is 11.5 Å². The molecule has 7 heteroatoms. The van der Waals surface area contributed by atoms with E-state index in [1.807, 2.05) is 13.8 Å². The molecule has 0 aliphatic heterocycles. The summed E-state index contributed by atoms with van der Waals surface area (Å²) in [5, 5.41) is 5.62. The van der Waals surface area contributed by atoms with E-state index >= 15 is 0 Å². The molecule has 2 aromatic rings. The molecule has 1 atom stereocenters. The molecule has 0 aromatic heterocycles. The van der Waals surface area contributed by atoms with Crippen LogP contribution in [0.2, 0.25) is 0 Å². The monoisotopic (exact) mass is 434 g/mol. The molecule has 0 spiro atoms. The number of benzene rings is 2. The lowest BCUT2D eigenvalue weighted by atomic mass is 10.0. The molecule has 0 aliphatic carbocycles. The van der Waals surface area contributed by atoms with Gasteiger partial charge in [0.2, 0.25) is 5.91 Å². The smallest absolute Gasteiger partial charge is 0.251 e. The van der Waals surface area contributed by atoms with Crippen molar-refractivity contribution in [1.82, 2.24) is 5.32 Å². The second kappa shape index (κ2) is 9.41. The minimum absolute atomic E-state index is 0.0930. The van der Waals surface area contributed by atoms with E-state index in [4.69, 9.17) is 9.47 Å². The van der Waals surface area contributed by atoms with E-state index in [1.165, 1.54) is 7.11 Å². The lowest BCUT2D eigenvalue weighted by molar-refractivity contribution is -0.118. The van der Waals surface area contributed by atoms with Crippen molar-refractivity contribution >= 4 is 33.4 Å². The minimum atomic E-state index is -0.686. The number of carbonyl (C=O) groups is 2. The van der Waals surface area contributed by atoms with Gasteiger partial charge < -0.3 is 20.1 Å². The van der Waals surface area contributed by atoms with Crippen LogP contribution in [0.4, 0.5) is 5.69 Å². The summed E-state index contributed by atoms with van der Waals surface area (Å²) in [5.74, 6) is 0.380. The number of nitrogens with one attached hydrogen (secondary N) is 2. The highest BCUT2D eigenvalue weighted by Crippen LogP contribution is 2.29. The van der Waals surface area contributed by atoms with Gasteiger partial charge in [-0.05, 0) is 42.3 Å². The van der Waals surface area contributed by atoms with Crippen molar-refractivity contribution in [3.05, 3.63) is 52.5 Å². The van der Waals surface area contributed by atoms with E-state index in [0.29, 0.717) is 22.7 Å². The Morgan fingerprint density at radius 1 is 0.963 bits per heavy atom. The summed E-state index contributed by atoms with van der Waals surface area (Å²) in [6, 6.07) is 11.4. The number of rotatable bonds is 7. The van der Waals surface area contributed by atoms with Gasteiger partial charge in [-0.2, -0.15) is 0 Å². The summed E-state index contributed by atoms with van der Waals surface area (Å²) < 4.78 is 11.3. The van der Waals surface area contributed by atoms with Crippen LogP contribution in [0.15, 0.2) is 46.9 Å². The maximum absolute atomic E-state index is 12.7. The Kier molecular flexibility index (Phi) is 7.24. The maximum atomic E-state index is 12.7. The van der Waals surface area contributed by atoms with E-state index in [0.717, 1.165) is 4.47 Å². The summed E-state index contributed by atoms with van der Waals surface area (Å²) in [6.07, 6.45) is 0. The van der Waals surface area contributed by atoms with Gasteiger partial charge in [0.25, 0.3) is 5.91 Å². The van der Waals surface area contributed by atoms with Crippen LogP contribution in [-0.2, 0) is 4.79 Å². The Morgan fingerprint density at radius 3 is 2.15 bits per heavy atom. The third kappa shape index (κ3) is 5.47. The minimum Gasteiger partial charge on any atom is -0.493 e. The summed E-state index contributed by atoms with van der Waals surface area (Å²) in [5.41, 5.74) is 1.05. The molecular formula is C20H23BrN2O4. The summed E-state index contributed by atoms with van der Waals surface area (Å²) in [7, 11) is 3.07. The van der Waals surface area contributed by atoms with Crippen molar-refractivity contribution in [3.63, 3.8) is 0 Å². The molecule has 0 saturated heterocycles. The second-order valence-electron chi connectivity index (χ2n) is 6.26. The quantitative estimate of drug-likeness (QED) is 0.693. The molecule has 2 rings (SSSR count). The standard InChI is InChI=1S/C20H23BrN2O4/c1-12(2)18(23-19(24)13-5-7-14(21)8-6-13)20(25)22-15-9-10-16(26-3)17(11-15)27-4/h5-12,18H,1-4H3,(H,22,25)(H,23,24). The van der Waals surface area contributed by atoms with E-state index in [9.17, 15) is 9.59 Å². The van der Waals surface area contributed by atoms with Gasteiger partial charge in [-0.3, -0.25) is 9.59 Å². The van der Waals surface area contributed by atoms with E-state index < -0.39 is 6.04 Å². The molecule has 0 radical (unpaired) electrons. The first-order valence-corrected chi connectivity index (χ1v) is 9.24. The number of halogens is 1. The Bertz CT molecular complexity index is 806. The van der Waals surface area contributed by atoms with Crippen molar-refractivity contribution in [1.29, 1.82) is 0 Å². The fraction of sp³-hybridized carbons (Fsp3) is 0.300. The van der Waals surface area contributed by atoms with Gasteiger partial charge in [0, 0.05) is 21.8 Å². The van der Waals surface area contributed by atoms with Crippen LogP contribution in [-0.4, -0.2) is 32.1 Å². The van der Waals surface area contributed by atoms with Crippen molar-refractivity contribution in [2.24, 2.45) is 5.92 Å². The number of ether oxygens (including phenoxy) is 2. The van der Waals surface area contributed by atoms with Crippen LogP contribution < -0.4 is 20.1 Å². The Balaban J connectivity index is 2.13. The molecule has 0 bridgehead atoms. The number of hydrogen-bond donors (Lipinski definition) is 2. The van der Waals surface area contributed by atoms with Crippen LogP contribution in [0.5, 0.6) is 11.5 Å². The highest BCUT2D eigenvalue weighted by atomic mass is 79.9. The molecule has 2 amide bonds. The average molecular weight is 435 g/mol.